The molecular weight excluding hydrogens is 248 g/mol. The Hall–Kier alpha value is -1.81. The molecule has 106 valence electrons. The highest BCUT2D eigenvalue weighted by Crippen LogP contribution is 2.24. The molecule has 3 rings (SSSR count). The molecule has 0 amide bonds. The maximum atomic E-state index is 6.04. The summed E-state index contributed by atoms with van der Waals surface area (Å²) < 4.78 is 1.98. The second-order valence-corrected chi connectivity index (χ2v) is 5.46. The number of piperidine rings is 1. The predicted molar refractivity (Wildman–Crippen MR) is 82.4 cm³/mol. The molecule has 0 spiro atoms. The third kappa shape index (κ3) is 3.02. The van der Waals surface area contributed by atoms with Crippen molar-refractivity contribution in [3.05, 3.63) is 36.5 Å². The van der Waals surface area contributed by atoms with Crippen LogP contribution in [0.4, 0.5) is 5.82 Å². The molecule has 4 nitrogen and oxygen atoms in total. The number of nitrogens with two attached hydrogens (primary N) is 1. The van der Waals surface area contributed by atoms with Crippen molar-refractivity contribution < 1.29 is 0 Å². The Labute approximate surface area is 120 Å². The minimum absolute atomic E-state index is 0.620. The van der Waals surface area contributed by atoms with E-state index in [0.29, 0.717) is 5.82 Å². The molecule has 2 aromatic rings. The predicted octanol–water partition coefficient (Wildman–Crippen LogP) is 2.62. The first-order chi connectivity index (χ1) is 9.83. The van der Waals surface area contributed by atoms with E-state index >= 15 is 0 Å². The van der Waals surface area contributed by atoms with Crippen LogP contribution in [0, 0.1) is 0 Å². The SMILES string of the molecule is Nc1nn(CCN2CCCCC2)cc1-c1ccccc1. The van der Waals surface area contributed by atoms with Gasteiger partial charge in [-0.2, -0.15) is 5.10 Å². The van der Waals surface area contributed by atoms with Crippen LogP contribution < -0.4 is 5.73 Å². The van der Waals surface area contributed by atoms with Gasteiger partial charge in [0.15, 0.2) is 5.82 Å². The normalized spacial score (nSPS) is 16.4. The van der Waals surface area contributed by atoms with Crippen molar-refractivity contribution in [3.63, 3.8) is 0 Å². The molecule has 0 aliphatic carbocycles. The zero-order valence-electron chi connectivity index (χ0n) is 11.8. The molecule has 0 atom stereocenters. The van der Waals surface area contributed by atoms with Gasteiger partial charge >= 0.3 is 0 Å². The van der Waals surface area contributed by atoms with E-state index in [0.717, 1.165) is 24.2 Å². The van der Waals surface area contributed by atoms with Gasteiger partial charge in [-0.05, 0) is 31.5 Å². The first-order valence-electron chi connectivity index (χ1n) is 7.43. The highest BCUT2D eigenvalue weighted by atomic mass is 15.3. The van der Waals surface area contributed by atoms with Gasteiger partial charge in [0.25, 0.3) is 0 Å². The summed E-state index contributed by atoms with van der Waals surface area (Å²) in [5.74, 6) is 0.620. The summed E-state index contributed by atoms with van der Waals surface area (Å²) in [4.78, 5) is 2.52. The van der Waals surface area contributed by atoms with Gasteiger partial charge in [-0.3, -0.25) is 4.68 Å². The Bertz CT molecular complexity index is 541. The lowest BCUT2D eigenvalue weighted by Crippen LogP contribution is -2.32. The fraction of sp³-hybridized carbons (Fsp3) is 0.438. The summed E-state index contributed by atoms with van der Waals surface area (Å²) in [6.45, 7) is 4.43. The van der Waals surface area contributed by atoms with Crippen LogP contribution in [0.1, 0.15) is 19.3 Å². The zero-order valence-corrected chi connectivity index (χ0v) is 11.8. The van der Waals surface area contributed by atoms with Gasteiger partial charge < -0.3 is 10.6 Å². The molecule has 1 aromatic heterocycles. The van der Waals surface area contributed by atoms with E-state index in [-0.39, 0.29) is 0 Å². The lowest BCUT2D eigenvalue weighted by molar-refractivity contribution is 0.218. The van der Waals surface area contributed by atoms with E-state index < -0.39 is 0 Å². The van der Waals surface area contributed by atoms with Crippen molar-refractivity contribution in [1.29, 1.82) is 0 Å². The number of nitrogens with zero attached hydrogens (tertiary/aromatic N) is 3. The number of likely N-dealkylation sites (tertiary alicyclic amines) is 1. The zero-order chi connectivity index (χ0) is 13.8. The first-order valence-corrected chi connectivity index (χ1v) is 7.43. The number of anilines is 1. The quantitative estimate of drug-likeness (QED) is 0.929. The highest BCUT2D eigenvalue weighted by Gasteiger charge is 2.11. The van der Waals surface area contributed by atoms with Gasteiger partial charge in [0.1, 0.15) is 0 Å². The highest BCUT2D eigenvalue weighted by molar-refractivity contribution is 5.72. The van der Waals surface area contributed by atoms with Crippen LogP contribution in [0.3, 0.4) is 0 Å². The largest absolute Gasteiger partial charge is 0.382 e. The first kappa shape index (κ1) is 13.2. The van der Waals surface area contributed by atoms with E-state index in [1.807, 2.05) is 22.9 Å². The average molecular weight is 270 g/mol. The molecule has 2 N–H and O–H groups in total. The molecule has 1 saturated heterocycles. The summed E-state index contributed by atoms with van der Waals surface area (Å²) in [7, 11) is 0. The van der Waals surface area contributed by atoms with Gasteiger partial charge in [0, 0.05) is 18.3 Å². The number of benzene rings is 1. The van der Waals surface area contributed by atoms with Crippen LogP contribution in [0.25, 0.3) is 11.1 Å². The third-order valence-electron chi connectivity index (χ3n) is 3.97. The Morgan fingerprint density at radius 1 is 1.00 bits per heavy atom. The van der Waals surface area contributed by atoms with Crippen LogP contribution in [-0.2, 0) is 6.54 Å². The topological polar surface area (TPSA) is 47.1 Å². The smallest absolute Gasteiger partial charge is 0.153 e. The van der Waals surface area contributed by atoms with E-state index in [1.54, 1.807) is 0 Å². The minimum Gasteiger partial charge on any atom is -0.382 e. The molecule has 1 aliphatic heterocycles. The lowest BCUT2D eigenvalue weighted by Gasteiger charge is -2.26. The molecule has 0 radical (unpaired) electrons. The maximum absolute atomic E-state index is 6.04. The Balaban J connectivity index is 1.66. The Morgan fingerprint density at radius 3 is 2.50 bits per heavy atom. The van der Waals surface area contributed by atoms with Gasteiger partial charge in [-0.15, -0.1) is 0 Å². The molecule has 1 aromatic carbocycles. The summed E-state index contributed by atoms with van der Waals surface area (Å²) in [6.07, 6.45) is 6.10. The van der Waals surface area contributed by atoms with E-state index in [2.05, 4.69) is 28.3 Å². The summed E-state index contributed by atoms with van der Waals surface area (Å²) in [6, 6.07) is 10.2. The second kappa shape index (κ2) is 6.09. The molecule has 4 heteroatoms. The van der Waals surface area contributed by atoms with E-state index in [9.17, 15) is 0 Å². The summed E-state index contributed by atoms with van der Waals surface area (Å²) >= 11 is 0. The average Bonchev–Trinajstić information content (AvgIpc) is 2.88. The monoisotopic (exact) mass is 270 g/mol. The molecule has 0 bridgehead atoms. The summed E-state index contributed by atoms with van der Waals surface area (Å²) in [5.41, 5.74) is 8.20. The molecule has 0 saturated carbocycles. The van der Waals surface area contributed by atoms with E-state index in [1.165, 1.54) is 32.4 Å². The molecule has 1 aliphatic rings. The number of rotatable bonds is 4. The van der Waals surface area contributed by atoms with Gasteiger partial charge in [0.05, 0.1) is 6.54 Å². The molecule has 2 heterocycles. The van der Waals surface area contributed by atoms with Gasteiger partial charge in [-0.25, -0.2) is 0 Å². The van der Waals surface area contributed by atoms with Crippen molar-refractivity contribution in [1.82, 2.24) is 14.7 Å². The number of aromatic nitrogens is 2. The molecule has 20 heavy (non-hydrogen) atoms. The van der Waals surface area contributed by atoms with Gasteiger partial charge in [-0.1, -0.05) is 36.8 Å². The second-order valence-electron chi connectivity index (χ2n) is 5.46. The Morgan fingerprint density at radius 2 is 1.75 bits per heavy atom. The number of hydrogen-bond donors (Lipinski definition) is 1. The molecular formula is C16H22N4. The number of nitrogen functional groups attached to an aromatic ring is 1. The van der Waals surface area contributed by atoms with Crippen molar-refractivity contribution in [2.45, 2.75) is 25.8 Å². The van der Waals surface area contributed by atoms with Crippen LogP contribution in [0.5, 0.6) is 0 Å². The van der Waals surface area contributed by atoms with Crippen LogP contribution in [0.2, 0.25) is 0 Å². The van der Waals surface area contributed by atoms with Crippen LogP contribution in [0.15, 0.2) is 36.5 Å². The van der Waals surface area contributed by atoms with Gasteiger partial charge in [0.2, 0.25) is 0 Å². The van der Waals surface area contributed by atoms with Crippen molar-refractivity contribution in [3.8, 4) is 11.1 Å². The standard InChI is InChI=1S/C16H22N4/c17-16-15(14-7-3-1-4-8-14)13-20(18-16)12-11-19-9-5-2-6-10-19/h1,3-4,7-8,13H,2,5-6,9-12H2,(H2,17,18). The lowest BCUT2D eigenvalue weighted by atomic mass is 10.1. The van der Waals surface area contributed by atoms with Crippen LogP contribution >= 0.6 is 0 Å². The fourth-order valence-electron chi connectivity index (χ4n) is 2.82. The van der Waals surface area contributed by atoms with Crippen molar-refractivity contribution >= 4 is 5.82 Å². The number of hydrogen-bond acceptors (Lipinski definition) is 3. The summed E-state index contributed by atoms with van der Waals surface area (Å²) in [5, 5.41) is 4.44. The third-order valence-corrected chi connectivity index (χ3v) is 3.97. The Kier molecular flexibility index (Phi) is 4.02. The van der Waals surface area contributed by atoms with Crippen molar-refractivity contribution in [2.75, 3.05) is 25.4 Å². The maximum Gasteiger partial charge on any atom is 0.153 e. The fourth-order valence-corrected chi connectivity index (χ4v) is 2.82. The molecule has 1 fully saturated rings. The molecule has 0 unspecified atom stereocenters. The minimum atomic E-state index is 0.620. The van der Waals surface area contributed by atoms with Crippen LogP contribution in [-0.4, -0.2) is 34.3 Å². The van der Waals surface area contributed by atoms with Crippen molar-refractivity contribution in [2.24, 2.45) is 0 Å². The van der Waals surface area contributed by atoms with E-state index in [4.69, 9.17) is 5.73 Å².